The summed E-state index contributed by atoms with van der Waals surface area (Å²) < 4.78 is 13.5. The number of unbranched alkanes of at least 4 members (excludes halogenated alkanes) is 2. The zero-order valence-electron chi connectivity index (χ0n) is 14.1. The average Bonchev–Trinajstić information content (AvgIpc) is 2.58. The summed E-state index contributed by atoms with van der Waals surface area (Å²) in [5.74, 6) is -0.782. The molecule has 5 heteroatoms. The van der Waals surface area contributed by atoms with Crippen LogP contribution >= 0.6 is 0 Å². The molecule has 1 heterocycles. The summed E-state index contributed by atoms with van der Waals surface area (Å²) in [6, 6.07) is 6.09. The lowest BCUT2D eigenvalue weighted by Gasteiger charge is -2.33. The third kappa shape index (κ3) is 5.92. The van der Waals surface area contributed by atoms with Gasteiger partial charge in [0.15, 0.2) is 0 Å². The highest BCUT2D eigenvalue weighted by molar-refractivity contribution is 5.94. The molecule has 0 aliphatic carbocycles. The molecule has 1 aromatic rings. The van der Waals surface area contributed by atoms with Crippen LogP contribution in [0.3, 0.4) is 0 Å². The van der Waals surface area contributed by atoms with Crippen LogP contribution in [0.1, 0.15) is 36.5 Å². The van der Waals surface area contributed by atoms with E-state index in [4.69, 9.17) is 0 Å². The number of hydrogen-bond acceptors (Lipinski definition) is 3. The molecule has 0 aromatic heterocycles. The van der Waals surface area contributed by atoms with E-state index in [-0.39, 0.29) is 11.5 Å². The van der Waals surface area contributed by atoms with Gasteiger partial charge < -0.3 is 15.1 Å². The molecule has 0 unspecified atom stereocenters. The molecule has 4 nitrogen and oxygen atoms in total. The summed E-state index contributed by atoms with van der Waals surface area (Å²) in [5.41, 5.74) is 0.126. The first kappa shape index (κ1) is 17.9. The minimum Gasteiger partial charge on any atom is -0.352 e. The largest absolute Gasteiger partial charge is 0.352 e. The third-order valence-corrected chi connectivity index (χ3v) is 4.47. The van der Waals surface area contributed by atoms with E-state index in [0.29, 0.717) is 6.54 Å². The van der Waals surface area contributed by atoms with Gasteiger partial charge in [0.2, 0.25) is 0 Å². The molecule has 0 atom stereocenters. The number of carbonyl (C=O) groups excluding carboxylic acids is 1. The summed E-state index contributed by atoms with van der Waals surface area (Å²) >= 11 is 0. The zero-order chi connectivity index (χ0) is 16.5. The van der Waals surface area contributed by atoms with E-state index in [1.807, 2.05) is 0 Å². The Labute approximate surface area is 138 Å². The van der Waals surface area contributed by atoms with Crippen molar-refractivity contribution in [2.75, 3.05) is 45.8 Å². The van der Waals surface area contributed by atoms with Crippen LogP contribution in [0.2, 0.25) is 0 Å². The number of piperazine rings is 1. The molecule has 1 aromatic carbocycles. The van der Waals surface area contributed by atoms with Crippen molar-refractivity contribution in [2.45, 2.75) is 26.2 Å². The highest BCUT2D eigenvalue weighted by atomic mass is 19.1. The second-order valence-corrected chi connectivity index (χ2v) is 6.07. The Morgan fingerprint density at radius 2 is 1.78 bits per heavy atom. The maximum atomic E-state index is 13.5. The van der Waals surface area contributed by atoms with Crippen LogP contribution < -0.4 is 5.32 Å². The van der Waals surface area contributed by atoms with E-state index in [1.54, 1.807) is 12.1 Å². The molecule has 1 amide bonds. The Morgan fingerprint density at radius 1 is 1.09 bits per heavy atom. The maximum absolute atomic E-state index is 13.5. The topological polar surface area (TPSA) is 35.6 Å². The van der Waals surface area contributed by atoms with Crippen molar-refractivity contribution in [2.24, 2.45) is 0 Å². The highest BCUT2D eigenvalue weighted by Gasteiger charge is 2.14. The van der Waals surface area contributed by atoms with Crippen LogP contribution in [0.15, 0.2) is 24.3 Å². The SMILES string of the molecule is CCN1CCN(CCCCCNC(=O)c2ccccc2F)CC1. The summed E-state index contributed by atoms with van der Waals surface area (Å²) in [7, 11) is 0. The van der Waals surface area contributed by atoms with Crippen LogP contribution in [0.25, 0.3) is 0 Å². The van der Waals surface area contributed by atoms with Crippen LogP contribution in [0.4, 0.5) is 4.39 Å². The number of carbonyl (C=O) groups is 1. The van der Waals surface area contributed by atoms with Gasteiger partial charge in [0.1, 0.15) is 5.82 Å². The summed E-state index contributed by atoms with van der Waals surface area (Å²) in [6.07, 6.45) is 3.18. The summed E-state index contributed by atoms with van der Waals surface area (Å²) in [5, 5.41) is 2.79. The first-order chi connectivity index (χ1) is 11.2. The number of halogens is 1. The van der Waals surface area contributed by atoms with Crippen LogP contribution in [-0.2, 0) is 0 Å². The lowest BCUT2D eigenvalue weighted by Crippen LogP contribution is -2.46. The second-order valence-electron chi connectivity index (χ2n) is 6.07. The lowest BCUT2D eigenvalue weighted by atomic mass is 10.2. The van der Waals surface area contributed by atoms with Gasteiger partial charge in [0.25, 0.3) is 5.91 Å². The molecule has 1 saturated heterocycles. The van der Waals surface area contributed by atoms with Gasteiger partial charge in [-0.3, -0.25) is 4.79 Å². The van der Waals surface area contributed by atoms with Gasteiger partial charge >= 0.3 is 0 Å². The second kappa shape index (κ2) is 9.63. The predicted molar refractivity (Wildman–Crippen MR) is 91.1 cm³/mol. The van der Waals surface area contributed by atoms with Gasteiger partial charge in [-0.25, -0.2) is 4.39 Å². The van der Waals surface area contributed by atoms with Crippen molar-refractivity contribution in [3.8, 4) is 0 Å². The van der Waals surface area contributed by atoms with Gasteiger partial charge in [-0.1, -0.05) is 25.5 Å². The minimum absolute atomic E-state index is 0.126. The number of amides is 1. The molecular formula is C18H28FN3O. The number of nitrogens with one attached hydrogen (secondary N) is 1. The van der Waals surface area contributed by atoms with Crippen molar-refractivity contribution in [1.29, 1.82) is 0 Å². The smallest absolute Gasteiger partial charge is 0.254 e. The fourth-order valence-electron chi connectivity index (χ4n) is 2.91. The zero-order valence-corrected chi connectivity index (χ0v) is 14.1. The fraction of sp³-hybridized carbons (Fsp3) is 0.611. The van der Waals surface area contributed by atoms with Crippen molar-refractivity contribution in [3.05, 3.63) is 35.6 Å². The molecule has 23 heavy (non-hydrogen) atoms. The maximum Gasteiger partial charge on any atom is 0.254 e. The average molecular weight is 321 g/mol. The number of benzene rings is 1. The monoisotopic (exact) mass is 321 g/mol. The van der Waals surface area contributed by atoms with Gasteiger partial charge in [0.05, 0.1) is 5.56 Å². The predicted octanol–water partition coefficient (Wildman–Crippen LogP) is 2.36. The van der Waals surface area contributed by atoms with Crippen LogP contribution in [0, 0.1) is 5.82 Å². The first-order valence-corrected chi connectivity index (χ1v) is 8.68. The van der Waals surface area contributed by atoms with Gasteiger partial charge in [-0.15, -0.1) is 0 Å². The third-order valence-electron chi connectivity index (χ3n) is 4.47. The van der Waals surface area contributed by atoms with E-state index >= 15 is 0 Å². The normalized spacial score (nSPS) is 16.4. The van der Waals surface area contributed by atoms with E-state index in [9.17, 15) is 9.18 Å². The quantitative estimate of drug-likeness (QED) is 0.747. The summed E-state index contributed by atoms with van der Waals surface area (Å²) in [4.78, 5) is 16.8. The Balaban J connectivity index is 1.53. The molecule has 1 aliphatic rings. The van der Waals surface area contributed by atoms with Gasteiger partial charge in [-0.2, -0.15) is 0 Å². The lowest BCUT2D eigenvalue weighted by molar-refractivity contribution is 0.0948. The molecule has 1 aliphatic heterocycles. The van der Waals surface area contributed by atoms with E-state index in [2.05, 4.69) is 22.0 Å². The Bertz CT molecular complexity index is 487. The standard InChI is InChI=1S/C18H28FN3O/c1-2-21-12-14-22(15-13-21)11-7-3-6-10-20-18(23)16-8-4-5-9-17(16)19/h4-5,8-9H,2-3,6-7,10-15H2,1H3,(H,20,23). The van der Waals surface area contributed by atoms with Gasteiger partial charge in [0, 0.05) is 32.7 Å². The van der Waals surface area contributed by atoms with Crippen LogP contribution in [-0.4, -0.2) is 61.5 Å². The highest BCUT2D eigenvalue weighted by Crippen LogP contribution is 2.07. The molecule has 0 radical (unpaired) electrons. The fourth-order valence-corrected chi connectivity index (χ4v) is 2.91. The molecule has 1 N–H and O–H groups in total. The van der Waals surface area contributed by atoms with Crippen molar-refractivity contribution in [1.82, 2.24) is 15.1 Å². The van der Waals surface area contributed by atoms with E-state index in [1.165, 1.54) is 25.2 Å². The molecule has 2 rings (SSSR count). The number of likely N-dealkylation sites (N-methyl/N-ethyl adjacent to an activating group) is 1. The van der Waals surface area contributed by atoms with E-state index in [0.717, 1.165) is 45.4 Å². The Kier molecular flexibility index (Phi) is 7.49. The van der Waals surface area contributed by atoms with E-state index < -0.39 is 5.82 Å². The molecule has 0 bridgehead atoms. The number of rotatable bonds is 8. The summed E-state index contributed by atoms with van der Waals surface area (Å²) in [6.45, 7) is 9.79. The Morgan fingerprint density at radius 3 is 2.48 bits per heavy atom. The number of hydrogen-bond donors (Lipinski definition) is 1. The van der Waals surface area contributed by atoms with Gasteiger partial charge in [-0.05, 0) is 38.1 Å². The molecule has 1 fully saturated rings. The van der Waals surface area contributed by atoms with Crippen molar-refractivity contribution < 1.29 is 9.18 Å². The van der Waals surface area contributed by atoms with Crippen molar-refractivity contribution in [3.63, 3.8) is 0 Å². The molecule has 128 valence electrons. The molecule has 0 saturated carbocycles. The van der Waals surface area contributed by atoms with Crippen molar-refractivity contribution >= 4 is 5.91 Å². The first-order valence-electron chi connectivity index (χ1n) is 8.68. The minimum atomic E-state index is -0.462. The number of nitrogens with zero attached hydrogens (tertiary/aromatic N) is 2. The van der Waals surface area contributed by atoms with Crippen LogP contribution in [0.5, 0.6) is 0 Å². The molecule has 0 spiro atoms. The Hall–Kier alpha value is -1.46. The molecular weight excluding hydrogens is 293 g/mol.